The van der Waals surface area contributed by atoms with E-state index in [2.05, 4.69) is 5.32 Å². The van der Waals surface area contributed by atoms with Crippen LogP contribution in [0.4, 0.5) is 5.69 Å². The summed E-state index contributed by atoms with van der Waals surface area (Å²) in [6, 6.07) is 7.96. The monoisotopic (exact) mass is 276 g/mol. The molecule has 1 saturated heterocycles. The molecule has 0 spiro atoms. The maximum atomic E-state index is 12.3. The van der Waals surface area contributed by atoms with Crippen LogP contribution in [0.15, 0.2) is 29.6 Å². The first kappa shape index (κ1) is 12.6. The Kier molecular flexibility index (Phi) is 3.26. The van der Waals surface area contributed by atoms with Gasteiger partial charge in [0.2, 0.25) is 5.91 Å². The minimum Gasteiger partial charge on any atom is -0.381 e. The van der Waals surface area contributed by atoms with Crippen LogP contribution in [0.3, 0.4) is 0 Å². The highest BCUT2D eigenvalue weighted by Gasteiger charge is 2.35. The molecule has 0 aliphatic carbocycles. The number of nitrogens with two attached hydrogens (primary N) is 1. The maximum Gasteiger partial charge on any atom is 0.244 e. The van der Waals surface area contributed by atoms with Gasteiger partial charge in [-0.1, -0.05) is 0 Å². The minimum atomic E-state index is -0.804. The number of rotatable bonds is 2. The number of benzene rings is 1. The smallest absolute Gasteiger partial charge is 0.244 e. The van der Waals surface area contributed by atoms with Crippen molar-refractivity contribution in [3.63, 3.8) is 0 Å². The molecule has 2 heterocycles. The lowest BCUT2D eigenvalue weighted by Crippen LogP contribution is -2.54. The van der Waals surface area contributed by atoms with Gasteiger partial charge in [-0.05, 0) is 47.9 Å². The molecule has 3 rings (SSSR count). The van der Waals surface area contributed by atoms with E-state index < -0.39 is 5.54 Å². The Bertz CT molecular complexity index is 602. The molecule has 100 valence electrons. The van der Waals surface area contributed by atoms with E-state index in [1.54, 1.807) is 11.3 Å². The van der Waals surface area contributed by atoms with E-state index in [9.17, 15) is 4.79 Å². The quantitative estimate of drug-likeness (QED) is 0.885. The summed E-state index contributed by atoms with van der Waals surface area (Å²) < 4.78 is 6.47. The highest BCUT2D eigenvalue weighted by atomic mass is 32.1. The molecule has 1 aromatic carbocycles. The van der Waals surface area contributed by atoms with Gasteiger partial charge in [0.15, 0.2) is 0 Å². The normalized spacial score (nSPS) is 18.4. The molecule has 1 aliphatic rings. The van der Waals surface area contributed by atoms with Crippen LogP contribution in [0.5, 0.6) is 0 Å². The third kappa shape index (κ3) is 2.49. The molecule has 5 heteroatoms. The van der Waals surface area contributed by atoms with Crippen molar-refractivity contribution in [2.24, 2.45) is 5.73 Å². The van der Waals surface area contributed by atoms with Crippen molar-refractivity contribution in [2.75, 3.05) is 18.5 Å². The Hall–Kier alpha value is -1.43. The predicted octanol–water partition coefficient (Wildman–Crippen LogP) is 2.35. The van der Waals surface area contributed by atoms with Crippen molar-refractivity contribution in [1.82, 2.24) is 0 Å². The zero-order chi connectivity index (χ0) is 13.3. The number of ether oxygens (including phenoxy) is 1. The molecular formula is C14H16N2O2S. The average molecular weight is 276 g/mol. The Labute approximate surface area is 115 Å². The van der Waals surface area contributed by atoms with Crippen molar-refractivity contribution in [3.8, 4) is 0 Å². The summed E-state index contributed by atoms with van der Waals surface area (Å²) in [7, 11) is 0. The summed E-state index contributed by atoms with van der Waals surface area (Å²) in [5, 5.41) is 6.10. The summed E-state index contributed by atoms with van der Waals surface area (Å²) in [5.41, 5.74) is 6.15. The van der Waals surface area contributed by atoms with Crippen LogP contribution in [0.1, 0.15) is 12.8 Å². The standard InChI is InChI=1S/C14H16N2O2S/c15-14(4-6-18-7-5-14)13(17)16-11-1-2-12-10(9-11)3-8-19-12/h1-3,8-9H,4-7,15H2,(H,16,17). The second-order valence-electron chi connectivity index (χ2n) is 4.90. The van der Waals surface area contributed by atoms with Gasteiger partial charge in [-0.3, -0.25) is 4.79 Å². The summed E-state index contributed by atoms with van der Waals surface area (Å²) in [6.45, 7) is 1.10. The number of hydrogen-bond acceptors (Lipinski definition) is 4. The Morgan fingerprint density at radius 3 is 2.89 bits per heavy atom. The number of anilines is 1. The lowest BCUT2D eigenvalue weighted by atomic mass is 9.90. The first-order valence-electron chi connectivity index (χ1n) is 6.33. The molecule has 0 unspecified atom stereocenters. The Morgan fingerprint density at radius 1 is 1.32 bits per heavy atom. The SMILES string of the molecule is NC1(C(=O)Nc2ccc3sccc3c2)CCOCC1. The number of hydrogen-bond donors (Lipinski definition) is 2. The highest BCUT2D eigenvalue weighted by Crippen LogP contribution is 2.25. The first-order chi connectivity index (χ1) is 9.17. The van der Waals surface area contributed by atoms with E-state index in [4.69, 9.17) is 10.5 Å². The van der Waals surface area contributed by atoms with Gasteiger partial charge in [0.05, 0.1) is 0 Å². The van der Waals surface area contributed by atoms with Crippen LogP contribution in [0, 0.1) is 0 Å². The first-order valence-corrected chi connectivity index (χ1v) is 7.21. The molecule has 4 nitrogen and oxygen atoms in total. The number of fused-ring (bicyclic) bond motifs is 1. The third-order valence-corrected chi connectivity index (χ3v) is 4.45. The van der Waals surface area contributed by atoms with Crippen LogP contribution < -0.4 is 11.1 Å². The summed E-state index contributed by atoms with van der Waals surface area (Å²) in [6.07, 6.45) is 1.14. The average Bonchev–Trinajstić information content (AvgIpc) is 2.87. The van der Waals surface area contributed by atoms with Gasteiger partial charge in [-0.25, -0.2) is 0 Å². The van der Waals surface area contributed by atoms with Gasteiger partial charge in [0.1, 0.15) is 5.54 Å². The lowest BCUT2D eigenvalue weighted by Gasteiger charge is -2.31. The van der Waals surface area contributed by atoms with E-state index >= 15 is 0 Å². The van der Waals surface area contributed by atoms with Crippen molar-refractivity contribution in [1.29, 1.82) is 0 Å². The Balaban J connectivity index is 1.78. The van der Waals surface area contributed by atoms with Crippen LogP contribution in [-0.2, 0) is 9.53 Å². The molecule has 1 fully saturated rings. The lowest BCUT2D eigenvalue weighted by molar-refractivity contribution is -0.124. The molecule has 0 radical (unpaired) electrons. The van der Waals surface area contributed by atoms with E-state index in [0.29, 0.717) is 26.1 Å². The van der Waals surface area contributed by atoms with Gasteiger partial charge < -0.3 is 15.8 Å². The van der Waals surface area contributed by atoms with Gasteiger partial charge >= 0.3 is 0 Å². The fraction of sp³-hybridized carbons (Fsp3) is 0.357. The molecule has 1 amide bonds. The third-order valence-electron chi connectivity index (χ3n) is 3.55. The second-order valence-corrected chi connectivity index (χ2v) is 5.84. The number of carbonyl (C=O) groups is 1. The van der Waals surface area contributed by atoms with Crippen LogP contribution in [0.25, 0.3) is 10.1 Å². The fourth-order valence-corrected chi connectivity index (χ4v) is 3.03. The molecule has 1 aromatic heterocycles. The summed E-state index contributed by atoms with van der Waals surface area (Å²) in [4.78, 5) is 12.3. The molecular weight excluding hydrogens is 260 g/mol. The molecule has 0 bridgehead atoms. The minimum absolute atomic E-state index is 0.120. The van der Waals surface area contributed by atoms with Gasteiger partial charge in [-0.15, -0.1) is 11.3 Å². The zero-order valence-electron chi connectivity index (χ0n) is 10.5. The molecule has 19 heavy (non-hydrogen) atoms. The summed E-state index contributed by atoms with van der Waals surface area (Å²) >= 11 is 1.69. The number of carbonyl (C=O) groups excluding carboxylic acids is 1. The van der Waals surface area contributed by atoms with E-state index in [1.807, 2.05) is 29.6 Å². The predicted molar refractivity (Wildman–Crippen MR) is 77.4 cm³/mol. The van der Waals surface area contributed by atoms with Gasteiger partial charge in [0.25, 0.3) is 0 Å². The van der Waals surface area contributed by atoms with Crippen molar-refractivity contribution in [2.45, 2.75) is 18.4 Å². The zero-order valence-corrected chi connectivity index (χ0v) is 11.3. The second kappa shape index (κ2) is 4.92. The fourth-order valence-electron chi connectivity index (χ4n) is 2.26. The van der Waals surface area contributed by atoms with Gasteiger partial charge in [-0.2, -0.15) is 0 Å². The number of nitrogens with one attached hydrogen (secondary N) is 1. The molecule has 1 aliphatic heterocycles. The molecule has 3 N–H and O–H groups in total. The van der Waals surface area contributed by atoms with E-state index in [1.165, 1.54) is 4.70 Å². The molecule has 2 aromatic rings. The van der Waals surface area contributed by atoms with Crippen LogP contribution in [0.2, 0.25) is 0 Å². The maximum absolute atomic E-state index is 12.3. The van der Waals surface area contributed by atoms with E-state index in [0.717, 1.165) is 11.1 Å². The van der Waals surface area contributed by atoms with Crippen molar-refractivity contribution < 1.29 is 9.53 Å². The van der Waals surface area contributed by atoms with Crippen LogP contribution in [-0.4, -0.2) is 24.7 Å². The largest absolute Gasteiger partial charge is 0.381 e. The number of amides is 1. The van der Waals surface area contributed by atoms with Crippen molar-refractivity contribution >= 4 is 33.0 Å². The molecule has 0 saturated carbocycles. The van der Waals surface area contributed by atoms with Crippen LogP contribution >= 0.6 is 11.3 Å². The number of thiophene rings is 1. The van der Waals surface area contributed by atoms with Gasteiger partial charge in [0, 0.05) is 23.6 Å². The highest BCUT2D eigenvalue weighted by molar-refractivity contribution is 7.17. The summed E-state index contributed by atoms with van der Waals surface area (Å²) in [5.74, 6) is -0.120. The topological polar surface area (TPSA) is 64.4 Å². The molecule has 0 atom stereocenters. The van der Waals surface area contributed by atoms with E-state index in [-0.39, 0.29) is 5.91 Å². The Morgan fingerprint density at radius 2 is 2.11 bits per heavy atom. The van der Waals surface area contributed by atoms with Crippen molar-refractivity contribution in [3.05, 3.63) is 29.6 Å².